The molecule has 1 amide bonds. The van der Waals surface area contributed by atoms with E-state index < -0.39 is 19.1 Å². The van der Waals surface area contributed by atoms with Crippen molar-refractivity contribution < 1.29 is 14.8 Å². The van der Waals surface area contributed by atoms with Gasteiger partial charge in [-0.25, -0.2) is 0 Å². The quantitative estimate of drug-likeness (QED) is 0.154. The lowest BCUT2D eigenvalue weighted by atomic mass is 9.77. The molecule has 0 bridgehead atoms. The molecule has 8 nitrogen and oxygen atoms in total. The Balaban J connectivity index is 2.41. The maximum Gasteiger partial charge on any atom is 0.475 e. The van der Waals surface area contributed by atoms with Gasteiger partial charge in [0.25, 0.3) is 0 Å². The number of carbonyl (C=O) groups is 1. The molecule has 2 unspecified atom stereocenters. The highest BCUT2D eigenvalue weighted by molar-refractivity contribution is 6.43. The first-order valence-corrected chi connectivity index (χ1v) is 6.41. The number of aliphatic imine (C=N–C) groups is 1. The summed E-state index contributed by atoms with van der Waals surface area (Å²) < 4.78 is 0. The summed E-state index contributed by atoms with van der Waals surface area (Å²) in [5.74, 6) is -0.778. The monoisotopic (exact) mass is 271 g/mol. The molecule has 0 aromatic rings. The fourth-order valence-electron chi connectivity index (χ4n) is 2.23. The van der Waals surface area contributed by atoms with Gasteiger partial charge in [0.2, 0.25) is 5.91 Å². The average molecular weight is 271 g/mol. The summed E-state index contributed by atoms with van der Waals surface area (Å²) in [5, 5.41) is 18.4. The van der Waals surface area contributed by atoms with E-state index in [1.54, 1.807) is 0 Å². The van der Waals surface area contributed by atoms with Crippen molar-refractivity contribution in [3.63, 3.8) is 0 Å². The minimum absolute atomic E-state index is 0.0166. The Labute approximate surface area is 112 Å². The van der Waals surface area contributed by atoms with E-state index in [0.29, 0.717) is 32.4 Å². The molecule has 0 aromatic carbocycles. The number of hydrogen-bond donors (Lipinski definition) is 5. The van der Waals surface area contributed by atoms with E-state index in [1.165, 1.54) is 4.90 Å². The van der Waals surface area contributed by atoms with Gasteiger partial charge >= 0.3 is 7.12 Å². The van der Waals surface area contributed by atoms with Crippen LogP contribution in [0.25, 0.3) is 0 Å². The predicted molar refractivity (Wildman–Crippen MR) is 72.8 cm³/mol. The summed E-state index contributed by atoms with van der Waals surface area (Å²) in [6.45, 7) is 0.943. The second kappa shape index (κ2) is 7.32. The molecule has 108 valence electrons. The molecule has 1 saturated heterocycles. The van der Waals surface area contributed by atoms with Crippen molar-refractivity contribution in [1.82, 2.24) is 4.90 Å². The Kier molecular flexibility index (Phi) is 6.06. The molecular formula is C10H22BN5O3. The normalized spacial score (nSPS) is 20.2. The molecule has 0 radical (unpaired) electrons. The molecular weight excluding hydrogens is 249 g/mol. The van der Waals surface area contributed by atoms with E-state index in [0.717, 1.165) is 6.42 Å². The minimum atomic E-state index is -1.51. The summed E-state index contributed by atoms with van der Waals surface area (Å²) >= 11 is 0. The van der Waals surface area contributed by atoms with Crippen LogP contribution in [-0.2, 0) is 4.79 Å². The van der Waals surface area contributed by atoms with E-state index in [9.17, 15) is 14.8 Å². The standard InChI is InChI=1S/C10H22BN5O3/c12-7(3-1-5-15-10(13)14)9(17)16-6-2-4-8(16)11(18)19/h7-8,18-19H,1-6,12H2,(H4,13,14,15). The van der Waals surface area contributed by atoms with E-state index >= 15 is 0 Å². The molecule has 0 aliphatic carbocycles. The summed E-state index contributed by atoms with van der Waals surface area (Å²) in [6, 6.07) is -0.659. The SMILES string of the molecule is NC(N)=NCCCC(N)C(=O)N1CCCC1B(O)O. The molecule has 0 aromatic heterocycles. The van der Waals surface area contributed by atoms with Crippen molar-refractivity contribution in [3.8, 4) is 0 Å². The molecule has 1 rings (SSSR count). The molecule has 0 spiro atoms. The van der Waals surface area contributed by atoms with Gasteiger partial charge in [-0.15, -0.1) is 0 Å². The fourth-order valence-corrected chi connectivity index (χ4v) is 2.23. The largest absolute Gasteiger partial charge is 0.475 e. The van der Waals surface area contributed by atoms with Crippen LogP contribution in [0.1, 0.15) is 25.7 Å². The lowest BCUT2D eigenvalue weighted by Gasteiger charge is -2.26. The molecule has 2 atom stereocenters. The fraction of sp³-hybridized carbons (Fsp3) is 0.800. The van der Waals surface area contributed by atoms with Crippen molar-refractivity contribution in [3.05, 3.63) is 0 Å². The van der Waals surface area contributed by atoms with Gasteiger partial charge in [-0.1, -0.05) is 0 Å². The number of nitrogens with two attached hydrogens (primary N) is 3. The molecule has 0 saturated carbocycles. The lowest BCUT2D eigenvalue weighted by molar-refractivity contribution is -0.132. The lowest BCUT2D eigenvalue weighted by Crippen LogP contribution is -2.51. The zero-order chi connectivity index (χ0) is 14.4. The number of hydrogen-bond acceptors (Lipinski definition) is 5. The summed E-state index contributed by atoms with van der Waals surface area (Å²) in [5.41, 5.74) is 16.2. The van der Waals surface area contributed by atoms with E-state index in [-0.39, 0.29) is 11.9 Å². The molecule has 8 N–H and O–H groups in total. The van der Waals surface area contributed by atoms with Crippen molar-refractivity contribution in [2.24, 2.45) is 22.2 Å². The second-order valence-corrected chi connectivity index (χ2v) is 4.71. The van der Waals surface area contributed by atoms with Gasteiger partial charge in [0.05, 0.1) is 12.0 Å². The first-order valence-electron chi connectivity index (χ1n) is 6.41. The van der Waals surface area contributed by atoms with Crippen LogP contribution in [0.5, 0.6) is 0 Å². The van der Waals surface area contributed by atoms with Crippen LogP contribution in [0.3, 0.4) is 0 Å². The first kappa shape index (κ1) is 15.7. The Hall–Kier alpha value is -1.32. The maximum atomic E-state index is 12.1. The Morgan fingerprint density at radius 2 is 2.16 bits per heavy atom. The maximum absolute atomic E-state index is 12.1. The zero-order valence-corrected chi connectivity index (χ0v) is 10.9. The summed E-state index contributed by atoms with van der Waals surface area (Å²) in [7, 11) is -1.51. The van der Waals surface area contributed by atoms with E-state index in [4.69, 9.17) is 17.2 Å². The van der Waals surface area contributed by atoms with Gasteiger partial charge in [0.1, 0.15) is 0 Å². The predicted octanol–water partition coefficient (Wildman–Crippen LogP) is -2.63. The van der Waals surface area contributed by atoms with Crippen LogP contribution in [0.15, 0.2) is 4.99 Å². The highest BCUT2D eigenvalue weighted by Crippen LogP contribution is 2.19. The third-order valence-electron chi connectivity index (χ3n) is 3.21. The number of amides is 1. The highest BCUT2D eigenvalue weighted by atomic mass is 16.4. The number of guanidine groups is 1. The Morgan fingerprint density at radius 1 is 1.47 bits per heavy atom. The van der Waals surface area contributed by atoms with Crippen LogP contribution in [0.2, 0.25) is 0 Å². The van der Waals surface area contributed by atoms with Crippen LogP contribution >= 0.6 is 0 Å². The third-order valence-corrected chi connectivity index (χ3v) is 3.21. The van der Waals surface area contributed by atoms with Crippen LogP contribution in [0, 0.1) is 0 Å². The van der Waals surface area contributed by atoms with Crippen molar-refractivity contribution >= 4 is 19.0 Å². The van der Waals surface area contributed by atoms with E-state index in [1.807, 2.05) is 0 Å². The minimum Gasteiger partial charge on any atom is -0.426 e. The molecule has 19 heavy (non-hydrogen) atoms. The number of rotatable bonds is 6. The molecule has 1 aliphatic rings. The van der Waals surface area contributed by atoms with Gasteiger partial charge in [-0.2, -0.15) is 0 Å². The zero-order valence-electron chi connectivity index (χ0n) is 10.9. The topological polar surface area (TPSA) is 151 Å². The number of carbonyl (C=O) groups excluding carboxylic acids is 1. The van der Waals surface area contributed by atoms with Crippen LogP contribution in [-0.4, -0.2) is 59.0 Å². The van der Waals surface area contributed by atoms with Gasteiger partial charge in [0.15, 0.2) is 5.96 Å². The van der Waals surface area contributed by atoms with Gasteiger partial charge in [0, 0.05) is 13.1 Å². The van der Waals surface area contributed by atoms with Gasteiger partial charge in [-0.3, -0.25) is 9.79 Å². The van der Waals surface area contributed by atoms with E-state index in [2.05, 4.69) is 4.99 Å². The third kappa shape index (κ3) is 4.69. The van der Waals surface area contributed by atoms with Gasteiger partial charge < -0.3 is 32.1 Å². The highest BCUT2D eigenvalue weighted by Gasteiger charge is 2.38. The van der Waals surface area contributed by atoms with Crippen LogP contribution < -0.4 is 17.2 Å². The number of likely N-dealkylation sites (tertiary alicyclic amines) is 1. The number of nitrogens with zero attached hydrogens (tertiary/aromatic N) is 2. The van der Waals surface area contributed by atoms with Crippen molar-refractivity contribution in [2.45, 2.75) is 37.7 Å². The Morgan fingerprint density at radius 3 is 2.74 bits per heavy atom. The smallest absolute Gasteiger partial charge is 0.426 e. The molecule has 1 heterocycles. The van der Waals surface area contributed by atoms with Crippen molar-refractivity contribution in [1.29, 1.82) is 0 Å². The van der Waals surface area contributed by atoms with Crippen molar-refractivity contribution in [2.75, 3.05) is 13.1 Å². The Bertz CT molecular complexity index is 335. The molecule has 1 aliphatic heterocycles. The van der Waals surface area contributed by atoms with Gasteiger partial charge in [-0.05, 0) is 25.7 Å². The molecule has 1 fully saturated rings. The van der Waals surface area contributed by atoms with Crippen LogP contribution in [0.4, 0.5) is 0 Å². The summed E-state index contributed by atoms with van der Waals surface area (Å²) in [6.07, 6.45) is 2.41. The first-order chi connectivity index (χ1) is 8.93. The summed E-state index contributed by atoms with van der Waals surface area (Å²) in [4.78, 5) is 17.3. The average Bonchev–Trinajstić information content (AvgIpc) is 2.82. The second-order valence-electron chi connectivity index (χ2n) is 4.71. The molecule has 9 heteroatoms.